The van der Waals surface area contributed by atoms with Gasteiger partial charge in [-0.2, -0.15) is 15.1 Å². The largest absolute Gasteiger partial charge is 0.450 e. The molecule has 1 fully saturated rings. The van der Waals surface area contributed by atoms with E-state index in [0.717, 1.165) is 10.1 Å². The molecule has 6 nitrogen and oxygen atoms in total. The highest BCUT2D eigenvalue weighted by Gasteiger charge is 2.34. The van der Waals surface area contributed by atoms with Crippen molar-refractivity contribution < 1.29 is 9.21 Å². The number of nitrogens with zero attached hydrogens (tertiary/aromatic N) is 3. The molecule has 0 atom stereocenters. The van der Waals surface area contributed by atoms with E-state index in [2.05, 4.69) is 10.1 Å². The number of fused-ring (bicyclic) bond motifs is 1. The summed E-state index contributed by atoms with van der Waals surface area (Å²) in [4.78, 5) is 16.3. The van der Waals surface area contributed by atoms with Crippen LogP contribution in [0.1, 0.15) is 44.8 Å². The minimum Gasteiger partial charge on any atom is -0.450 e. The van der Waals surface area contributed by atoms with E-state index in [9.17, 15) is 4.79 Å². The standard InChI is InChI=1S/C17H18N4O2S2/c1-10-20-21-15(18)13(16(22)19-17(21)24-10)9-11-7-8-14(23-11)25-12-5-3-2-4-6-12/h7-9,12,18H,2-6H2,1H3/b13-9+,18-15?. The number of hydrazone groups is 1. The molecule has 1 aromatic heterocycles. The molecule has 0 saturated heterocycles. The molecule has 0 unspecified atom stereocenters. The summed E-state index contributed by atoms with van der Waals surface area (Å²) in [5, 5.41) is 16.6. The van der Waals surface area contributed by atoms with E-state index in [1.54, 1.807) is 17.8 Å². The van der Waals surface area contributed by atoms with Crippen LogP contribution in [0.5, 0.6) is 0 Å². The van der Waals surface area contributed by atoms with Crippen LogP contribution >= 0.6 is 23.5 Å². The molecule has 3 heterocycles. The molecule has 25 heavy (non-hydrogen) atoms. The highest BCUT2D eigenvalue weighted by Crippen LogP contribution is 2.35. The van der Waals surface area contributed by atoms with Gasteiger partial charge >= 0.3 is 0 Å². The number of rotatable bonds is 3. The van der Waals surface area contributed by atoms with Gasteiger partial charge in [0.05, 0.1) is 10.6 Å². The van der Waals surface area contributed by atoms with Gasteiger partial charge in [-0.25, -0.2) is 0 Å². The fourth-order valence-electron chi connectivity index (χ4n) is 3.05. The van der Waals surface area contributed by atoms with Crippen molar-refractivity contribution in [3.8, 4) is 0 Å². The summed E-state index contributed by atoms with van der Waals surface area (Å²) in [5.41, 5.74) is 0.200. The lowest BCUT2D eigenvalue weighted by molar-refractivity contribution is -0.114. The van der Waals surface area contributed by atoms with Crippen LogP contribution in [0.3, 0.4) is 0 Å². The Hall–Kier alpha value is -1.80. The molecule has 3 aliphatic rings. The van der Waals surface area contributed by atoms with E-state index in [1.165, 1.54) is 48.9 Å². The molecule has 0 radical (unpaired) electrons. The normalized spacial score (nSPS) is 23.1. The predicted octanol–water partition coefficient (Wildman–Crippen LogP) is 4.34. The van der Waals surface area contributed by atoms with Crippen molar-refractivity contribution in [1.29, 1.82) is 5.41 Å². The fraction of sp³-hybridized carbons (Fsp3) is 0.412. The lowest BCUT2D eigenvalue weighted by Gasteiger charge is -2.20. The summed E-state index contributed by atoms with van der Waals surface area (Å²) in [6, 6.07) is 3.77. The number of nitrogens with one attached hydrogen (secondary N) is 1. The molecule has 1 N–H and O–H groups in total. The third kappa shape index (κ3) is 3.46. The Morgan fingerprint density at radius 1 is 1.36 bits per heavy atom. The SMILES string of the molecule is CC1=NN2C(=N)/C(=C\c3ccc(SC4CCCCC4)o3)C(=O)N=C2S1. The number of hydrogen-bond donors (Lipinski definition) is 1. The number of thioether (sulfide) groups is 2. The predicted molar refractivity (Wildman–Crippen MR) is 102 cm³/mol. The Morgan fingerprint density at radius 3 is 2.96 bits per heavy atom. The lowest BCUT2D eigenvalue weighted by atomic mass is 10.0. The first kappa shape index (κ1) is 16.7. The Labute approximate surface area is 154 Å². The maximum Gasteiger partial charge on any atom is 0.283 e. The minimum absolute atomic E-state index is 0.0391. The number of hydrogen-bond acceptors (Lipinski definition) is 6. The lowest BCUT2D eigenvalue weighted by Crippen LogP contribution is -2.35. The zero-order valence-corrected chi connectivity index (χ0v) is 15.5. The van der Waals surface area contributed by atoms with E-state index in [4.69, 9.17) is 9.83 Å². The molecular formula is C17H18N4O2S2. The molecule has 1 amide bonds. The van der Waals surface area contributed by atoms with Crippen LogP contribution in [-0.2, 0) is 4.79 Å². The molecule has 0 bridgehead atoms. The molecule has 130 valence electrons. The van der Waals surface area contributed by atoms with Gasteiger partial charge < -0.3 is 4.42 Å². The van der Waals surface area contributed by atoms with E-state index >= 15 is 0 Å². The van der Waals surface area contributed by atoms with Gasteiger partial charge in [0.25, 0.3) is 5.91 Å². The van der Waals surface area contributed by atoms with Crippen LogP contribution in [0.15, 0.2) is 37.3 Å². The second kappa shape index (κ2) is 6.84. The van der Waals surface area contributed by atoms with E-state index < -0.39 is 5.91 Å². The summed E-state index contributed by atoms with van der Waals surface area (Å²) in [6.45, 7) is 1.83. The topological polar surface area (TPSA) is 82.0 Å². The molecule has 0 spiro atoms. The van der Waals surface area contributed by atoms with Crippen molar-refractivity contribution in [3.63, 3.8) is 0 Å². The zero-order chi connectivity index (χ0) is 17.4. The van der Waals surface area contributed by atoms with Crippen molar-refractivity contribution >= 4 is 51.6 Å². The Morgan fingerprint density at radius 2 is 2.16 bits per heavy atom. The second-order valence-electron chi connectivity index (χ2n) is 6.17. The molecule has 1 saturated carbocycles. The van der Waals surface area contributed by atoms with Gasteiger partial charge in [-0.05, 0) is 49.7 Å². The van der Waals surface area contributed by atoms with Gasteiger partial charge in [0.2, 0.25) is 5.17 Å². The number of furan rings is 1. The van der Waals surface area contributed by atoms with Gasteiger partial charge in [0.15, 0.2) is 10.9 Å². The number of carbonyl (C=O) groups is 1. The van der Waals surface area contributed by atoms with Gasteiger partial charge in [-0.3, -0.25) is 10.2 Å². The fourth-order valence-corrected chi connectivity index (χ4v) is 4.97. The average molecular weight is 374 g/mol. The van der Waals surface area contributed by atoms with Crippen molar-refractivity contribution in [2.75, 3.05) is 0 Å². The third-order valence-electron chi connectivity index (χ3n) is 4.28. The summed E-state index contributed by atoms with van der Waals surface area (Å²) >= 11 is 3.07. The number of aliphatic imine (C=N–C) groups is 1. The van der Waals surface area contributed by atoms with E-state index in [1.807, 2.05) is 19.1 Å². The van der Waals surface area contributed by atoms with Gasteiger partial charge in [-0.1, -0.05) is 31.0 Å². The zero-order valence-electron chi connectivity index (χ0n) is 13.8. The molecular weight excluding hydrogens is 356 g/mol. The van der Waals surface area contributed by atoms with Crippen molar-refractivity contribution in [2.45, 2.75) is 49.4 Å². The van der Waals surface area contributed by atoms with Gasteiger partial charge in [0.1, 0.15) is 5.76 Å². The van der Waals surface area contributed by atoms with Gasteiger partial charge in [0, 0.05) is 5.25 Å². The van der Waals surface area contributed by atoms with E-state index in [0.29, 0.717) is 16.2 Å². The molecule has 8 heteroatoms. The molecule has 1 aliphatic carbocycles. The summed E-state index contributed by atoms with van der Waals surface area (Å²) in [5.74, 6) is 0.182. The Kier molecular flexibility index (Phi) is 4.56. The molecule has 2 aliphatic heterocycles. The van der Waals surface area contributed by atoms with Crippen LogP contribution in [0.4, 0.5) is 0 Å². The van der Waals surface area contributed by atoms with Crippen LogP contribution in [0.25, 0.3) is 6.08 Å². The first-order valence-electron chi connectivity index (χ1n) is 8.33. The van der Waals surface area contributed by atoms with Crippen LogP contribution < -0.4 is 0 Å². The first-order valence-corrected chi connectivity index (χ1v) is 10.0. The smallest absolute Gasteiger partial charge is 0.283 e. The van der Waals surface area contributed by atoms with Crippen molar-refractivity contribution in [1.82, 2.24) is 5.01 Å². The molecule has 0 aromatic carbocycles. The van der Waals surface area contributed by atoms with Crippen molar-refractivity contribution in [3.05, 3.63) is 23.5 Å². The second-order valence-corrected chi connectivity index (χ2v) is 8.64. The number of amidine groups is 2. The first-order chi connectivity index (χ1) is 12.1. The van der Waals surface area contributed by atoms with Crippen LogP contribution in [-0.4, -0.2) is 32.2 Å². The van der Waals surface area contributed by atoms with Crippen LogP contribution in [0, 0.1) is 5.41 Å². The Bertz CT molecular complexity index is 818. The van der Waals surface area contributed by atoms with E-state index in [-0.39, 0.29) is 11.4 Å². The molecule has 1 aromatic rings. The Balaban J connectivity index is 1.53. The maximum absolute atomic E-state index is 12.2. The monoisotopic (exact) mass is 374 g/mol. The molecule has 4 rings (SSSR count). The third-order valence-corrected chi connectivity index (χ3v) is 6.36. The summed E-state index contributed by atoms with van der Waals surface area (Å²) < 4.78 is 5.85. The number of amides is 1. The highest BCUT2D eigenvalue weighted by molar-refractivity contribution is 8.26. The maximum atomic E-state index is 12.2. The van der Waals surface area contributed by atoms with Gasteiger partial charge in [-0.15, -0.1) is 0 Å². The van der Waals surface area contributed by atoms with Crippen molar-refractivity contribution in [2.24, 2.45) is 10.1 Å². The minimum atomic E-state index is -0.425. The quantitative estimate of drug-likeness (QED) is 0.796. The van der Waals surface area contributed by atoms with Crippen LogP contribution in [0.2, 0.25) is 0 Å². The summed E-state index contributed by atoms with van der Waals surface area (Å²) in [7, 11) is 0. The summed E-state index contributed by atoms with van der Waals surface area (Å²) in [6.07, 6.45) is 7.95. The highest BCUT2D eigenvalue weighted by atomic mass is 32.2. The number of carbonyl (C=O) groups excluding carboxylic acids is 1. The average Bonchev–Trinajstić information content (AvgIpc) is 3.18.